The topological polar surface area (TPSA) is 42.2 Å². The van der Waals surface area contributed by atoms with Crippen molar-refractivity contribution in [2.45, 2.75) is 44.4 Å². The number of carbonyl (C=O) groups is 1. The van der Waals surface area contributed by atoms with Gasteiger partial charge in [0.2, 0.25) is 0 Å². The minimum Gasteiger partial charge on any atom is -0.455 e. The number of allylic oxidation sites excluding steroid dienone is 1. The van der Waals surface area contributed by atoms with Gasteiger partial charge in [-0.1, -0.05) is 11.6 Å². The summed E-state index contributed by atoms with van der Waals surface area (Å²) in [5.41, 5.74) is 1.34. The van der Waals surface area contributed by atoms with Crippen molar-refractivity contribution >= 4 is 17.7 Å². The molecule has 0 saturated carbocycles. The maximum atomic E-state index is 12.1. The smallest absolute Gasteiger partial charge is 0.287 e. The molecule has 0 bridgehead atoms. The molecule has 0 unspecified atom stereocenters. The molecule has 1 amide bonds. The normalized spacial score (nSPS) is 16.8. The first-order valence-electron chi connectivity index (χ1n) is 6.78. The van der Waals surface area contributed by atoms with Crippen molar-refractivity contribution in [2.75, 3.05) is 6.26 Å². The SMILES string of the molecule is CSCc1ccc(C(=O)N[C@H](C)C2=CCCCC2)o1. The summed E-state index contributed by atoms with van der Waals surface area (Å²) in [4.78, 5) is 12.1. The van der Waals surface area contributed by atoms with Crippen LogP contribution in [0.1, 0.15) is 48.9 Å². The first-order valence-corrected chi connectivity index (χ1v) is 8.17. The number of thioether (sulfide) groups is 1. The van der Waals surface area contributed by atoms with Crippen LogP contribution in [0.4, 0.5) is 0 Å². The largest absolute Gasteiger partial charge is 0.455 e. The molecule has 1 heterocycles. The van der Waals surface area contributed by atoms with Gasteiger partial charge >= 0.3 is 0 Å². The fourth-order valence-corrected chi connectivity index (χ4v) is 2.78. The lowest BCUT2D eigenvalue weighted by Gasteiger charge is -2.20. The fourth-order valence-electron chi connectivity index (χ4n) is 2.34. The number of hydrogen-bond donors (Lipinski definition) is 1. The third kappa shape index (κ3) is 3.90. The molecule has 104 valence electrons. The van der Waals surface area contributed by atoms with Crippen LogP contribution in [0.5, 0.6) is 0 Å². The molecule has 1 aliphatic carbocycles. The minimum absolute atomic E-state index is 0.0990. The zero-order chi connectivity index (χ0) is 13.7. The summed E-state index contributed by atoms with van der Waals surface area (Å²) in [5, 5.41) is 3.01. The first-order chi connectivity index (χ1) is 9.20. The Bertz CT molecular complexity index is 464. The molecule has 1 aliphatic rings. The second-order valence-corrected chi connectivity index (χ2v) is 5.78. The molecule has 0 radical (unpaired) electrons. The third-order valence-electron chi connectivity index (χ3n) is 3.40. The Labute approximate surface area is 118 Å². The summed E-state index contributed by atoms with van der Waals surface area (Å²) >= 11 is 1.68. The molecular formula is C15H21NO2S. The molecule has 19 heavy (non-hydrogen) atoms. The molecule has 1 aromatic rings. The van der Waals surface area contributed by atoms with Crippen LogP contribution in [0.15, 0.2) is 28.2 Å². The van der Waals surface area contributed by atoms with Crippen molar-refractivity contribution < 1.29 is 9.21 Å². The highest BCUT2D eigenvalue weighted by Gasteiger charge is 2.17. The Hall–Kier alpha value is -1.16. The molecule has 1 atom stereocenters. The zero-order valence-electron chi connectivity index (χ0n) is 11.6. The number of rotatable bonds is 5. The van der Waals surface area contributed by atoms with Gasteiger partial charge in [-0.15, -0.1) is 0 Å². The van der Waals surface area contributed by atoms with E-state index in [2.05, 4.69) is 11.4 Å². The summed E-state index contributed by atoms with van der Waals surface area (Å²) in [7, 11) is 0. The number of amides is 1. The van der Waals surface area contributed by atoms with Crippen LogP contribution in [-0.4, -0.2) is 18.2 Å². The van der Waals surface area contributed by atoms with Gasteiger partial charge in [0.25, 0.3) is 5.91 Å². The number of carbonyl (C=O) groups excluding carboxylic acids is 1. The van der Waals surface area contributed by atoms with E-state index in [9.17, 15) is 4.79 Å². The van der Waals surface area contributed by atoms with Crippen LogP contribution in [0, 0.1) is 0 Å². The molecule has 0 spiro atoms. The van der Waals surface area contributed by atoms with Crippen molar-refractivity contribution in [3.8, 4) is 0 Å². The van der Waals surface area contributed by atoms with E-state index in [4.69, 9.17) is 4.42 Å². The van der Waals surface area contributed by atoms with Gasteiger partial charge in [-0.25, -0.2) is 0 Å². The van der Waals surface area contributed by atoms with Crippen molar-refractivity contribution in [3.63, 3.8) is 0 Å². The van der Waals surface area contributed by atoms with E-state index in [1.54, 1.807) is 17.8 Å². The van der Waals surface area contributed by atoms with Crippen LogP contribution >= 0.6 is 11.8 Å². The molecule has 0 fully saturated rings. The average molecular weight is 279 g/mol. The lowest BCUT2D eigenvalue weighted by atomic mass is 9.95. The van der Waals surface area contributed by atoms with Gasteiger partial charge in [-0.2, -0.15) is 11.8 Å². The van der Waals surface area contributed by atoms with E-state index in [1.165, 1.54) is 18.4 Å². The lowest BCUT2D eigenvalue weighted by Crippen LogP contribution is -2.34. The van der Waals surface area contributed by atoms with Gasteiger partial charge in [-0.05, 0) is 51.0 Å². The van der Waals surface area contributed by atoms with Crippen LogP contribution in [-0.2, 0) is 5.75 Å². The maximum absolute atomic E-state index is 12.1. The van der Waals surface area contributed by atoms with E-state index in [-0.39, 0.29) is 11.9 Å². The van der Waals surface area contributed by atoms with Crippen LogP contribution in [0.25, 0.3) is 0 Å². The van der Waals surface area contributed by atoms with E-state index in [0.717, 1.165) is 24.4 Å². The van der Waals surface area contributed by atoms with E-state index < -0.39 is 0 Å². The molecule has 0 aliphatic heterocycles. The molecule has 1 aromatic heterocycles. The van der Waals surface area contributed by atoms with E-state index in [0.29, 0.717) is 5.76 Å². The summed E-state index contributed by atoms with van der Waals surface area (Å²) in [5.74, 6) is 1.94. The van der Waals surface area contributed by atoms with Crippen molar-refractivity contribution in [2.24, 2.45) is 0 Å². The standard InChI is InChI=1S/C15H21NO2S/c1-11(12-6-4-3-5-7-12)16-15(17)14-9-8-13(18-14)10-19-2/h6,8-9,11H,3-5,7,10H2,1-2H3,(H,16,17)/t11-/m1/s1. The van der Waals surface area contributed by atoms with E-state index in [1.807, 2.05) is 19.2 Å². The zero-order valence-corrected chi connectivity index (χ0v) is 12.4. The summed E-state index contributed by atoms with van der Waals surface area (Å²) < 4.78 is 5.52. The number of hydrogen-bond acceptors (Lipinski definition) is 3. The molecule has 4 heteroatoms. The Balaban J connectivity index is 1.93. The highest BCUT2D eigenvalue weighted by atomic mass is 32.2. The Morgan fingerprint density at radius 3 is 3.00 bits per heavy atom. The molecule has 1 N–H and O–H groups in total. The predicted octanol–water partition coefficient (Wildman–Crippen LogP) is 3.76. The van der Waals surface area contributed by atoms with Gasteiger partial charge in [0, 0.05) is 6.04 Å². The fraction of sp³-hybridized carbons (Fsp3) is 0.533. The molecule has 3 nitrogen and oxygen atoms in total. The van der Waals surface area contributed by atoms with Crippen LogP contribution in [0.3, 0.4) is 0 Å². The van der Waals surface area contributed by atoms with Crippen LogP contribution < -0.4 is 5.32 Å². The highest BCUT2D eigenvalue weighted by molar-refractivity contribution is 7.97. The Morgan fingerprint density at radius 2 is 2.32 bits per heavy atom. The van der Waals surface area contributed by atoms with Gasteiger partial charge in [0.1, 0.15) is 5.76 Å². The van der Waals surface area contributed by atoms with E-state index >= 15 is 0 Å². The summed E-state index contributed by atoms with van der Waals surface area (Å²) in [6.07, 6.45) is 8.99. The highest BCUT2D eigenvalue weighted by Crippen LogP contribution is 2.20. The monoisotopic (exact) mass is 279 g/mol. The van der Waals surface area contributed by atoms with Crippen molar-refractivity contribution in [1.29, 1.82) is 0 Å². The predicted molar refractivity (Wildman–Crippen MR) is 79.4 cm³/mol. The van der Waals surface area contributed by atoms with Crippen LogP contribution in [0.2, 0.25) is 0 Å². The van der Waals surface area contributed by atoms with Crippen molar-refractivity contribution in [3.05, 3.63) is 35.3 Å². The van der Waals surface area contributed by atoms with Gasteiger partial charge in [0.15, 0.2) is 5.76 Å². The first kappa shape index (κ1) is 14.3. The summed E-state index contributed by atoms with van der Waals surface area (Å²) in [6, 6.07) is 3.72. The second-order valence-electron chi connectivity index (χ2n) is 4.92. The quantitative estimate of drug-likeness (QED) is 0.834. The Kier molecular flexibility index (Phi) is 5.14. The Morgan fingerprint density at radius 1 is 1.47 bits per heavy atom. The third-order valence-corrected chi connectivity index (χ3v) is 3.98. The maximum Gasteiger partial charge on any atom is 0.287 e. The minimum atomic E-state index is -0.119. The number of furan rings is 1. The molecule has 2 rings (SSSR count). The molecule has 0 saturated heterocycles. The van der Waals surface area contributed by atoms with Gasteiger partial charge < -0.3 is 9.73 Å². The molecular weight excluding hydrogens is 258 g/mol. The van der Waals surface area contributed by atoms with Gasteiger partial charge in [-0.3, -0.25) is 4.79 Å². The van der Waals surface area contributed by atoms with Crippen molar-refractivity contribution in [1.82, 2.24) is 5.32 Å². The average Bonchev–Trinajstić information content (AvgIpc) is 2.89. The second kappa shape index (κ2) is 6.85. The van der Waals surface area contributed by atoms with Gasteiger partial charge in [0.05, 0.1) is 5.75 Å². The lowest BCUT2D eigenvalue weighted by molar-refractivity contribution is 0.0915. The molecule has 0 aromatic carbocycles. The summed E-state index contributed by atoms with van der Waals surface area (Å²) in [6.45, 7) is 2.04. The number of nitrogens with one attached hydrogen (secondary N) is 1.